The Morgan fingerprint density at radius 3 is 2.34 bits per heavy atom. The first-order chi connectivity index (χ1) is 13.9. The van der Waals surface area contributed by atoms with Crippen molar-refractivity contribution in [3.05, 3.63) is 59.7 Å². The van der Waals surface area contributed by atoms with E-state index in [-0.39, 0.29) is 0 Å². The van der Waals surface area contributed by atoms with E-state index in [9.17, 15) is 8.42 Å². The zero-order valence-electron chi connectivity index (χ0n) is 17.6. The second-order valence-electron chi connectivity index (χ2n) is 8.11. The van der Waals surface area contributed by atoms with Crippen LogP contribution in [0.25, 0.3) is 0 Å². The molecule has 1 aliphatic heterocycles. The third-order valence-corrected chi connectivity index (χ3v) is 7.99. The van der Waals surface area contributed by atoms with Gasteiger partial charge >= 0.3 is 0 Å². The lowest BCUT2D eigenvalue weighted by atomic mass is 9.97. The van der Waals surface area contributed by atoms with Gasteiger partial charge in [-0.15, -0.1) is 11.8 Å². The molecule has 1 aliphatic rings. The Bertz CT molecular complexity index is 887. The summed E-state index contributed by atoms with van der Waals surface area (Å²) in [6.07, 6.45) is 4.17. The normalized spacial score (nSPS) is 16.4. The Kier molecular flexibility index (Phi) is 7.79. The molecule has 0 saturated carbocycles. The lowest BCUT2D eigenvalue weighted by molar-refractivity contribution is 0.177. The summed E-state index contributed by atoms with van der Waals surface area (Å²) in [5, 5.41) is 0. The first-order valence-electron chi connectivity index (χ1n) is 10.3. The summed E-state index contributed by atoms with van der Waals surface area (Å²) < 4.78 is 28.0. The minimum atomic E-state index is -3.44. The molecule has 4 nitrogen and oxygen atoms in total. The fourth-order valence-corrected chi connectivity index (χ4v) is 5.49. The first kappa shape index (κ1) is 22.3. The zero-order chi connectivity index (χ0) is 20.9. The molecule has 0 unspecified atom stereocenters. The molecule has 1 saturated heterocycles. The summed E-state index contributed by atoms with van der Waals surface area (Å²) in [6.45, 7) is 7.72. The molecular formula is C23H32N2O2S2. The SMILES string of the molecule is CSc1ccccc1CN1CCC(CNS(=O)(=O)c2ccc(C(C)C)cc2)CC1. The first-order valence-corrected chi connectivity index (χ1v) is 13.0. The van der Waals surface area contributed by atoms with Crippen LogP contribution >= 0.6 is 11.8 Å². The van der Waals surface area contributed by atoms with Gasteiger partial charge in [-0.25, -0.2) is 13.1 Å². The van der Waals surface area contributed by atoms with Gasteiger partial charge in [0.2, 0.25) is 10.0 Å². The molecule has 0 amide bonds. The van der Waals surface area contributed by atoms with Gasteiger partial charge in [-0.1, -0.05) is 44.2 Å². The molecule has 0 atom stereocenters. The van der Waals surface area contributed by atoms with E-state index in [2.05, 4.69) is 54.0 Å². The van der Waals surface area contributed by atoms with Crippen molar-refractivity contribution in [3.8, 4) is 0 Å². The number of hydrogen-bond acceptors (Lipinski definition) is 4. The molecule has 1 heterocycles. The van der Waals surface area contributed by atoms with Crippen molar-refractivity contribution in [1.82, 2.24) is 9.62 Å². The van der Waals surface area contributed by atoms with Crippen LogP contribution in [0.4, 0.5) is 0 Å². The van der Waals surface area contributed by atoms with E-state index >= 15 is 0 Å². The largest absolute Gasteiger partial charge is 0.299 e. The summed E-state index contributed by atoms with van der Waals surface area (Å²) in [5.74, 6) is 0.791. The maximum absolute atomic E-state index is 12.6. The Hall–Kier alpha value is -1.34. The standard InChI is InChI=1S/C23H32N2O2S2/c1-18(2)20-8-10-22(11-9-20)29(26,27)24-16-19-12-14-25(15-13-19)17-21-6-4-5-7-23(21)28-3/h4-11,18-19,24H,12-17H2,1-3H3. The molecule has 0 aromatic heterocycles. The van der Waals surface area contributed by atoms with Gasteiger partial charge in [0.05, 0.1) is 4.90 Å². The average molecular weight is 433 g/mol. The molecule has 3 rings (SSSR count). The van der Waals surface area contributed by atoms with Crippen molar-refractivity contribution in [3.63, 3.8) is 0 Å². The number of nitrogens with zero attached hydrogens (tertiary/aromatic N) is 1. The Morgan fingerprint density at radius 1 is 1.07 bits per heavy atom. The van der Waals surface area contributed by atoms with Gasteiger partial charge in [0.25, 0.3) is 0 Å². The van der Waals surface area contributed by atoms with Crippen LogP contribution in [-0.2, 0) is 16.6 Å². The van der Waals surface area contributed by atoms with E-state index in [0.29, 0.717) is 23.3 Å². The summed E-state index contributed by atoms with van der Waals surface area (Å²) in [4.78, 5) is 4.17. The molecule has 0 aliphatic carbocycles. The molecule has 0 bridgehead atoms. The van der Waals surface area contributed by atoms with Crippen LogP contribution in [0.1, 0.15) is 43.7 Å². The van der Waals surface area contributed by atoms with E-state index < -0.39 is 10.0 Å². The minimum Gasteiger partial charge on any atom is -0.299 e. The maximum Gasteiger partial charge on any atom is 0.240 e. The molecule has 2 aromatic rings. The van der Waals surface area contributed by atoms with E-state index in [0.717, 1.165) is 38.0 Å². The fourth-order valence-electron chi connectivity index (χ4n) is 3.77. The predicted octanol–water partition coefficient (Wildman–Crippen LogP) is 4.72. The highest BCUT2D eigenvalue weighted by atomic mass is 32.2. The smallest absolute Gasteiger partial charge is 0.240 e. The fraction of sp³-hybridized carbons (Fsp3) is 0.478. The number of piperidine rings is 1. The maximum atomic E-state index is 12.6. The summed E-state index contributed by atoms with van der Waals surface area (Å²) in [6, 6.07) is 15.8. The summed E-state index contributed by atoms with van der Waals surface area (Å²) in [7, 11) is -3.44. The van der Waals surface area contributed by atoms with Crippen LogP contribution in [0.15, 0.2) is 58.3 Å². The van der Waals surface area contributed by atoms with E-state index in [1.165, 1.54) is 10.5 Å². The van der Waals surface area contributed by atoms with Crippen molar-refractivity contribution in [2.24, 2.45) is 5.92 Å². The van der Waals surface area contributed by atoms with Gasteiger partial charge < -0.3 is 0 Å². The van der Waals surface area contributed by atoms with Crippen LogP contribution in [0.2, 0.25) is 0 Å². The van der Waals surface area contributed by atoms with Gasteiger partial charge in [0.15, 0.2) is 0 Å². The number of rotatable bonds is 8. The van der Waals surface area contributed by atoms with Crippen molar-refractivity contribution in [1.29, 1.82) is 0 Å². The molecule has 6 heteroatoms. The lowest BCUT2D eigenvalue weighted by Crippen LogP contribution is -2.38. The van der Waals surface area contributed by atoms with E-state index in [4.69, 9.17) is 0 Å². The third-order valence-electron chi connectivity index (χ3n) is 5.71. The number of thioether (sulfide) groups is 1. The Labute approximate surface area is 180 Å². The lowest BCUT2D eigenvalue weighted by Gasteiger charge is -2.32. The minimum absolute atomic E-state index is 0.355. The molecule has 158 valence electrons. The van der Waals surface area contributed by atoms with Crippen LogP contribution in [0.3, 0.4) is 0 Å². The van der Waals surface area contributed by atoms with Crippen LogP contribution in [0.5, 0.6) is 0 Å². The highest BCUT2D eigenvalue weighted by molar-refractivity contribution is 7.98. The molecule has 0 spiro atoms. The molecule has 0 radical (unpaired) electrons. The number of sulfonamides is 1. The van der Waals surface area contributed by atoms with Crippen molar-refractivity contribution in [2.75, 3.05) is 25.9 Å². The number of hydrogen-bond donors (Lipinski definition) is 1. The summed E-state index contributed by atoms with van der Waals surface area (Å²) in [5.41, 5.74) is 2.53. The molecule has 1 fully saturated rings. The van der Waals surface area contributed by atoms with Crippen molar-refractivity contribution < 1.29 is 8.42 Å². The van der Waals surface area contributed by atoms with Crippen LogP contribution in [0, 0.1) is 5.92 Å². The van der Waals surface area contributed by atoms with Gasteiger partial charge in [-0.05, 0) is 73.3 Å². The molecular weight excluding hydrogens is 400 g/mol. The van der Waals surface area contributed by atoms with Crippen molar-refractivity contribution >= 4 is 21.8 Å². The van der Waals surface area contributed by atoms with Crippen molar-refractivity contribution in [2.45, 2.75) is 48.9 Å². The Morgan fingerprint density at radius 2 is 1.72 bits per heavy atom. The van der Waals surface area contributed by atoms with Crippen LogP contribution < -0.4 is 4.72 Å². The zero-order valence-corrected chi connectivity index (χ0v) is 19.2. The van der Waals surface area contributed by atoms with Gasteiger partial charge in [-0.2, -0.15) is 0 Å². The molecule has 2 aromatic carbocycles. The van der Waals surface area contributed by atoms with Gasteiger partial charge in [-0.3, -0.25) is 4.90 Å². The summed E-state index contributed by atoms with van der Waals surface area (Å²) >= 11 is 1.79. The average Bonchev–Trinajstić information content (AvgIpc) is 2.74. The number of likely N-dealkylation sites (tertiary alicyclic amines) is 1. The highest BCUT2D eigenvalue weighted by Crippen LogP contribution is 2.24. The van der Waals surface area contributed by atoms with Gasteiger partial charge in [0.1, 0.15) is 0 Å². The Balaban J connectivity index is 1.49. The molecule has 29 heavy (non-hydrogen) atoms. The third kappa shape index (κ3) is 6.07. The number of benzene rings is 2. The monoisotopic (exact) mass is 432 g/mol. The second-order valence-corrected chi connectivity index (χ2v) is 10.7. The highest BCUT2D eigenvalue weighted by Gasteiger charge is 2.22. The topological polar surface area (TPSA) is 49.4 Å². The second kappa shape index (κ2) is 10.1. The van der Waals surface area contributed by atoms with Crippen LogP contribution in [-0.4, -0.2) is 39.2 Å². The number of nitrogens with one attached hydrogen (secondary N) is 1. The van der Waals surface area contributed by atoms with E-state index in [1.54, 1.807) is 23.9 Å². The predicted molar refractivity (Wildman–Crippen MR) is 122 cm³/mol. The quantitative estimate of drug-likeness (QED) is 0.613. The molecule has 1 N–H and O–H groups in total. The van der Waals surface area contributed by atoms with E-state index in [1.807, 2.05) is 12.1 Å². The van der Waals surface area contributed by atoms with Gasteiger partial charge in [0, 0.05) is 18.0 Å².